The maximum absolute atomic E-state index is 11.1. The van der Waals surface area contributed by atoms with Crippen LogP contribution >= 0.6 is 0 Å². The standard InChI is InChI=1S/C9H16N2O/c1-2-9(12)11-8-5-6-3-4-7(8)10-6/h6-8,10H,2-5H2,1H3,(H,11,12). The predicted octanol–water partition coefficient (Wildman–Crippen LogP) is 0.405. The van der Waals surface area contributed by atoms with Crippen molar-refractivity contribution >= 4 is 5.91 Å². The van der Waals surface area contributed by atoms with Gasteiger partial charge in [0.2, 0.25) is 5.91 Å². The van der Waals surface area contributed by atoms with Crippen LogP contribution < -0.4 is 10.6 Å². The fourth-order valence-corrected chi connectivity index (χ4v) is 2.29. The molecule has 0 spiro atoms. The highest BCUT2D eigenvalue weighted by atomic mass is 16.1. The average molecular weight is 168 g/mol. The molecule has 3 unspecified atom stereocenters. The molecule has 2 bridgehead atoms. The van der Waals surface area contributed by atoms with Crippen molar-refractivity contribution in [2.75, 3.05) is 0 Å². The van der Waals surface area contributed by atoms with Gasteiger partial charge in [-0.3, -0.25) is 4.79 Å². The Morgan fingerprint density at radius 2 is 2.42 bits per heavy atom. The quantitative estimate of drug-likeness (QED) is 0.627. The Morgan fingerprint density at radius 3 is 2.92 bits per heavy atom. The molecule has 2 N–H and O–H groups in total. The van der Waals surface area contributed by atoms with Crippen molar-refractivity contribution < 1.29 is 4.79 Å². The molecule has 2 fully saturated rings. The van der Waals surface area contributed by atoms with Crippen LogP contribution in [0.4, 0.5) is 0 Å². The summed E-state index contributed by atoms with van der Waals surface area (Å²) in [5, 5.41) is 6.55. The monoisotopic (exact) mass is 168 g/mol. The lowest BCUT2D eigenvalue weighted by atomic mass is 9.95. The minimum Gasteiger partial charge on any atom is -0.352 e. The highest BCUT2D eigenvalue weighted by Gasteiger charge is 2.39. The third-order valence-corrected chi connectivity index (χ3v) is 2.97. The lowest BCUT2D eigenvalue weighted by molar-refractivity contribution is -0.121. The molecule has 3 heteroatoms. The first kappa shape index (κ1) is 8.05. The first-order chi connectivity index (χ1) is 5.79. The van der Waals surface area contributed by atoms with Crippen LogP contribution in [0.15, 0.2) is 0 Å². The van der Waals surface area contributed by atoms with Crippen LogP contribution in [0.5, 0.6) is 0 Å². The van der Waals surface area contributed by atoms with E-state index in [1.54, 1.807) is 0 Å². The molecule has 68 valence electrons. The minimum atomic E-state index is 0.189. The molecule has 2 saturated heterocycles. The largest absolute Gasteiger partial charge is 0.352 e. The van der Waals surface area contributed by atoms with Crippen molar-refractivity contribution in [2.45, 2.75) is 50.7 Å². The Morgan fingerprint density at radius 1 is 1.58 bits per heavy atom. The number of hydrogen-bond donors (Lipinski definition) is 2. The van der Waals surface area contributed by atoms with Gasteiger partial charge in [0.1, 0.15) is 0 Å². The minimum absolute atomic E-state index is 0.189. The molecule has 3 nitrogen and oxygen atoms in total. The van der Waals surface area contributed by atoms with Crippen molar-refractivity contribution in [1.29, 1.82) is 0 Å². The van der Waals surface area contributed by atoms with Crippen LogP contribution in [-0.2, 0) is 4.79 Å². The van der Waals surface area contributed by atoms with Crippen molar-refractivity contribution in [1.82, 2.24) is 10.6 Å². The first-order valence-corrected chi connectivity index (χ1v) is 4.85. The summed E-state index contributed by atoms with van der Waals surface area (Å²) < 4.78 is 0. The topological polar surface area (TPSA) is 41.1 Å². The van der Waals surface area contributed by atoms with Crippen molar-refractivity contribution in [3.8, 4) is 0 Å². The molecule has 2 aliphatic rings. The molecule has 0 aliphatic carbocycles. The van der Waals surface area contributed by atoms with E-state index in [0.717, 1.165) is 6.42 Å². The van der Waals surface area contributed by atoms with Gasteiger partial charge in [-0.2, -0.15) is 0 Å². The third kappa shape index (κ3) is 1.33. The second-order valence-corrected chi connectivity index (χ2v) is 3.81. The molecular formula is C9H16N2O. The Hall–Kier alpha value is -0.570. The van der Waals surface area contributed by atoms with Gasteiger partial charge in [0.15, 0.2) is 0 Å². The number of rotatable bonds is 2. The normalized spacial score (nSPS) is 38.6. The molecule has 2 aliphatic heterocycles. The molecule has 2 rings (SSSR count). The van der Waals surface area contributed by atoms with E-state index in [2.05, 4.69) is 10.6 Å². The van der Waals surface area contributed by atoms with Gasteiger partial charge < -0.3 is 10.6 Å². The number of amides is 1. The molecule has 1 amide bonds. The lowest BCUT2D eigenvalue weighted by Gasteiger charge is -2.20. The highest BCUT2D eigenvalue weighted by molar-refractivity contribution is 5.76. The summed E-state index contributed by atoms with van der Waals surface area (Å²) in [5.41, 5.74) is 0. The molecule has 0 saturated carbocycles. The van der Waals surface area contributed by atoms with E-state index in [9.17, 15) is 4.79 Å². The molecule has 3 atom stereocenters. The second kappa shape index (κ2) is 3.05. The first-order valence-electron chi connectivity index (χ1n) is 4.85. The van der Waals surface area contributed by atoms with Crippen molar-refractivity contribution in [3.63, 3.8) is 0 Å². The fourth-order valence-electron chi connectivity index (χ4n) is 2.29. The van der Waals surface area contributed by atoms with E-state index in [4.69, 9.17) is 0 Å². The summed E-state index contributed by atoms with van der Waals surface area (Å²) in [5.74, 6) is 0.189. The Labute approximate surface area is 72.9 Å². The van der Waals surface area contributed by atoms with Gasteiger partial charge in [-0.25, -0.2) is 0 Å². The summed E-state index contributed by atoms with van der Waals surface area (Å²) in [6.07, 6.45) is 4.27. The van der Waals surface area contributed by atoms with E-state index in [-0.39, 0.29) is 5.91 Å². The van der Waals surface area contributed by atoms with Crippen LogP contribution in [0, 0.1) is 0 Å². The fraction of sp³-hybridized carbons (Fsp3) is 0.889. The van der Waals surface area contributed by atoms with E-state index < -0.39 is 0 Å². The maximum Gasteiger partial charge on any atom is 0.219 e. The maximum atomic E-state index is 11.1. The summed E-state index contributed by atoms with van der Waals surface area (Å²) >= 11 is 0. The Kier molecular flexibility index (Phi) is 2.05. The number of fused-ring (bicyclic) bond motifs is 2. The van der Waals surface area contributed by atoms with Gasteiger partial charge in [0, 0.05) is 24.5 Å². The molecule has 12 heavy (non-hydrogen) atoms. The van der Waals surface area contributed by atoms with E-state index in [1.807, 2.05) is 6.92 Å². The van der Waals surface area contributed by atoms with E-state index in [1.165, 1.54) is 12.8 Å². The third-order valence-electron chi connectivity index (χ3n) is 2.97. The summed E-state index contributed by atoms with van der Waals surface area (Å²) in [6.45, 7) is 1.90. The zero-order valence-corrected chi connectivity index (χ0v) is 7.47. The number of carbonyl (C=O) groups excluding carboxylic acids is 1. The number of carbonyl (C=O) groups is 1. The smallest absolute Gasteiger partial charge is 0.219 e. The van der Waals surface area contributed by atoms with Crippen LogP contribution in [-0.4, -0.2) is 24.0 Å². The zero-order chi connectivity index (χ0) is 8.55. The summed E-state index contributed by atoms with van der Waals surface area (Å²) in [6, 6.07) is 1.65. The van der Waals surface area contributed by atoms with Crippen LogP contribution in [0.25, 0.3) is 0 Å². The SMILES string of the molecule is CCC(=O)NC1CC2CCC1N2. The number of hydrogen-bond acceptors (Lipinski definition) is 2. The van der Waals surface area contributed by atoms with Gasteiger partial charge in [0.05, 0.1) is 0 Å². The molecule has 0 aromatic heterocycles. The summed E-state index contributed by atoms with van der Waals surface area (Å²) in [4.78, 5) is 11.1. The Bertz CT molecular complexity index is 193. The van der Waals surface area contributed by atoms with Crippen LogP contribution in [0.1, 0.15) is 32.6 Å². The average Bonchev–Trinajstić information content (AvgIpc) is 2.64. The molecule has 0 aromatic rings. The predicted molar refractivity (Wildman–Crippen MR) is 46.8 cm³/mol. The molecular weight excluding hydrogens is 152 g/mol. The molecule has 0 radical (unpaired) electrons. The van der Waals surface area contributed by atoms with Crippen LogP contribution in [0.2, 0.25) is 0 Å². The van der Waals surface area contributed by atoms with Gasteiger partial charge in [-0.1, -0.05) is 6.92 Å². The van der Waals surface area contributed by atoms with E-state index >= 15 is 0 Å². The number of nitrogens with one attached hydrogen (secondary N) is 2. The van der Waals surface area contributed by atoms with Crippen molar-refractivity contribution in [3.05, 3.63) is 0 Å². The van der Waals surface area contributed by atoms with Gasteiger partial charge in [-0.15, -0.1) is 0 Å². The van der Waals surface area contributed by atoms with Crippen LogP contribution in [0.3, 0.4) is 0 Å². The van der Waals surface area contributed by atoms with Gasteiger partial charge in [0.25, 0.3) is 0 Å². The van der Waals surface area contributed by atoms with Gasteiger partial charge >= 0.3 is 0 Å². The molecule has 0 aromatic carbocycles. The molecule has 2 heterocycles. The second-order valence-electron chi connectivity index (χ2n) is 3.81. The van der Waals surface area contributed by atoms with E-state index in [0.29, 0.717) is 24.5 Å². The van der Waals surface area contributed by atoms with Crippen molar-refractivity contribution in [2.24, 2.45) is 0 Å². The zero-order valence-electron chi connectivity index (χ0n) is 7.47. The highest BCUT2D eigenvalue weighted by Crippen LogP contribution is 2.28. The van der Waals surface area contributed by atoms with Gasteiger partial charge in [-0.05, 0) is 19.3 Å². The summed E-state index contributed by atoms with van der Waals surface area (Å²) in [7, 11) is 0. The Balaban J connectivity index is 1.86. The lowest BCUT2D eigenvalue weighted by Crippen LogP contribution is -2.42.